The molecule has 0 fully saturated rings. The van der Waals surface area contributed by atoms with Crippen LogP contribution < -0.4 is 5.32 Å². The Labute approximate surface area is 63.6 Å². The maximum Gasteiger partial charge on any atom is 0.319 e. The molecule has 0 spiro atoms. The van der Waals surface area contributed by atoms with Crippen LogP contribution in [0.4, 0.5) is 0 Å². The van der Waals surface area contributed by atoms with Gasteiger partial charge in [0.2, 0.25) is 0 Å². The predicted octanol–water partition coefficient (Wildman–Crippen LogP) is 0.817. The zero-order valence-corrected chi connectivity index (χ0v) is 6.64. The van der Waals surface area contributed by atoms with Gasteiger partial charge < -0.3 is 10.1 Å². The molecule has 0 aromatic heterocycles. The van der Waals surface area contributed by atoms with Crippen LogP contribution in [-0.4, -0.2) is 26.2 Å². The summed E-state index contributed by atoms with van der Waals surface area (Å²) in [5.41, 5.74) is 0. The monoisotopic (exact) mass is 147 g/mol. The van der Waals surface area contributed by atoms with Gasteiger partial charge in [-0.3, -0.25) is 4.79 Å². The lowest BCUT2D eigenvalue weighted by Crippen LogP contribution is -2.20. The average molecular weight is 147 g/mol. The first kappa shape index (κ1) is 11.9. The van der Waals surface area contributed by atoms with Crippen molar-refractivity contribution in [3.05, 3.63) is 13.2 Å². The minimum atomic E-state index is -0.199. The number of nitrogens with one attached hydrogen (secondary N) is 1. The predicted molar refractivity (Wildman–Crippen MR) is 43.9 cm³/mol. The van der Waals surface area contributed by atoms with Gasteiger partial charge >= 0.3 is 5.97 Å². The summed E-state index contributed by atoms with van der Waals surface area (Å²) in [5.74, 6) is -0.199. The van der Waals surface area contributed by atoms with E-state index in [1.54, 1.807) is 14.0 Å². The van der Waals surface area contributed by atoms with Crippen molar-refractivity contribution in [1.29, 1.82) is 0 Å². The molecular formula is C7H17NO2. The van der Waals surface area contributed by atoms with Crippen LogP contribution >= 0.6 is 0 Å². The lowest BCUT2D eigenvalue weighted by molar-refractivity contribution is -0.141. The molecule has 0 radical (unpaired) electrons. The fourth-order valence-corrected chi connectivity index (χ4v) is 0.356. The van der Waals surface area contributed by atoms with Crippen molar-refractivity contribution in [3.8, 4) is 0 Å². The first-order valence-electron chi connectivity index (χ1n) is 3.11. The van der Waals surface area contributed by atoms with E-state index in [4.69, 9.17) is 0 Å². The molecule has 10 heavy (non-hydrogen) atoms. The highest BCUT2D eigenvalue weighted by Gasteiger charge is 1.94. The molecule has 0 heterocycles. The molecule has 0 saturated carbocycles. The number of carbonyl (C=O) groups excluding carboxylic acids is 1. The average Bonchev–Trinajstić information content (AvgIpc) is 1.93. The summed E-state index contributed by atoms with van der Waals surface area (Å²) in [6.45, 7) is 8.54. The van der Waals surface area contributed by atoms with E-state index in [1.807, 2.05) is 0 Å². The van der Waals surface area contributed by atoms with Crippen LogP contribution in [-0.2, 0) is 9.53 Å². The van der Waals surface area contributed by atoms with Crippen LogP contribution in [0.1, 0.15) is 8.35 Å². The fraction of sp³-hybridized carbons (Fsp3) is 0.571. The topological polar surface area (TPSA) is 38.3 Å². The summed E-state index contributed by atoms with van der Waals surface area (Å²) in [4.78, 5) is 10.4. The van der Waals surface area contributed by atoms with E-state index in [1.165, 1.54) is 0 Å². The Morgan fingerprint density at radius 2 is 2.20 bits per heavy atom. The minimum Gasteiger partial charge on any atom is -0.465 e. The van der Waals surface area contributed by atoms with E-state index in [0.717, 1.165) is 0 Å². The smallest absolute Gasteiger partial charge is 0.319 e. The zero-order chi connectivity index (χ0) is 8.41. The van der Waals surface area contributed by atoms with Crippen LogP contribution in [0.2, 0.25) is 0 Å². The minimum absolute atomic E-state index is 0. The van der Waals surface area contributed by atoms with E-state index < -0.39 is 0 Å². The van der Waals surface area contributed by atoms with Crippen molar-refractivity contribution in [2.45, 2.75) is 6.92 Å². The van der Waals surface area contributed by atoms with Crippen molar-refractivity contribution >= 4 is 5.97 Å². The van der Waals surface area contributed by atoms with Crippen molar-refractivity contribution in [2.24, 2.45) is 0 Å². The standard InChI is InChI=1S/C5H11NO2.C2H4.H2/c1-3-8-5(7)4-6-2;1-2;/h6H,3-4H2,1-2H3;1-2H2;1H. The molecule has 0 bridgehead atoms. The Balaban J connectivity index is -0.000000196. The van der Waals surface area contributed by atoms with Gasteiger partial charge in [0, 0.05) is 1.43 Å². The quantitative estimate of drug-likeness (QED) is 0.474. The van der Waals surface area contributed by atoms with Crippen LogP contribution in [0.3, 0.4) is 0 Å². The van der Waals surface area contributed by atoms with Gasteiger partial charge in [0.05, 0.1) is 13.2 Å². The number of rotatable bonds is 3. The summed E-state index contributed by atoms with van der Waals surface area (Å²) in [5, 5.41) is 2.68. The SMILES string of the molecule is C=C.CCOC(=O)CNC.[HH]. The molecule has 0 aliphatic heterocycles. The van der Waals surface area contributed by atoms with Gasteiger partial charge in [-0.2, -0.15) is 0 Å². The van der Waals surface area contributed by atoms with Gasteiger partial charge in [-0.1, -0.05) is 0 Å². The van der Waals surface area contributed by atoms with Gasteiger partial charge in [0.1, 0.15) is 0 Å². The van der Waals surface area contributed by atoms with Gasteiger partial charge in [-0.25, -0.2) is 0 Å². The van der Waals surface area contributed by atoms with Gasteiger partial charge in [-0.15, -0.1) is 13.2 Å². The Morgan fingerprint density at radius 1 is 1.70 bits per heavy atom. The van der Waals surface area contributed by atoms with Crippen molar-refractivity contribution < 1.29 is 11.0 Å². The third-order valence-electron chi connectivity index (χ3n) is 0.626. The van der Waals surface area contributed by atoms with Gasteiger partial charge in [0.25, 0.3) is 0 Å². The largest absolute Gasteiger partial charge is 0.465 e. The normalized spacial score (nSPS) is 7.40. The lowest BCUT2D eigenvalue weighted by Gasteiger charge is -1.97. The Kier molecular flexibility index (Phi) is 13.1. The first-order chi connectivity index (χ1) is 4.81. The molecular weight excluding hydrogens is 130 g/mol. The molecule has 0 aliphatic carbocycles. The maximum atomic E-state index is 10.4. The highest BCUT2D eigenvalue weighted by atomic mass is 16.5. The van der Waals surface area contributed by atoms with E-state index in [2.05, 4.69) is 23.2 Å². The molecule has 0 amide bonds. The third kappa shape index (κ3) is 10.2. The van der Waals surface area contributed by atoms with Gasteiger partial charge in [-0.05, 0) is 14.0 Å². The number of hydrogen-bond donors (Lipinski definition) is 1. The van der Waals surface area contributed by atoms with Crippen LogP contribution in [0, 0.1) is 0 Å². The number of hydrogen-bond acceptors (Lipinski definition) is 3. The van der Waals surface area contributed by atoms with Crippen molar-refractivity contribution in [2.75, 3.05) is 20.2 Å². The molecule has 0 aromatic rings. The molecule has 0 aromatic carbocycles. The first-order valence-corrected chi connectivity index (χ1v) is 3.11. The van der Waals surface area contributed by atoms with Crippen LogP contribution in [0.25, 0.3) is 0 Å². The van der Waals surface area contributed by atoms with Crippen LogP contribution in [0.5, 0.6) is 0 Å². The molecule has 62 valence electrons. The number of esters is 1. The van der Waals surface area contributed by atoms with Crippen molar-refractivity contribution in [1.82, 2.24) is 5.32 Å². The second kappa shape index (κ2) is 11.0. The molecule has 0 aliphatic rings. The van der Waals surface area contributed by atoms with E-state index in [9.17, 15) is 4.79 Å². The van der Waals surface area contributed by atoms with E-state index >= 15 is 0 Å². The number of carbonyl (C=O) groups is 1. The molecule has 1 N–H and O–H groups in total. The highest BCUT2D eigenvalue weighted by Crippen LogP contribution is 1.72. The summed E-state index contributed by atoms with van der Waals surface area (Å²) in [7, 11) is 1.71. The third-order valence-corrected chi connectivity index (χ3v) is 0.626. The Hall–Kier alpha value is -0.830. The highest BCUT2D eigenvalue weighted by molar-refractivity contribution is 5.71. The van der Waals surface area contributed by atoms with E-state index in [-0.39, 0.29) is 7.40 Å². The van der Waals surface area contributed by atoms with Crippen molar-refractivity contribution in [3.63, 3.8) is 0 Å². The molecule has 0 atom stereocenters. The fourth-order valence-electron chi connectivity index (χ4n) is 0.356. The molecule has 3 heteroatoms. The second-order valence-electron chi connectivity index (χ2n) is 1.34. The number of ether oxygens (including phenoxy) is 1. The van der Waals surface area contributed by atoms with Crippen LogP contribution in [0.15, 0.2) is 13.2 Å². The van der Waals surface area contributed by atoms with Gasteiger partial charge in [0.15, 0.2) is 0 Å². The van der Waals surface area contributed by atoms with E-state index in [0.29, 0.717) is 13.2 Å². The summed E-state index contributed by atoms with van der Waals surface area (Å²) >= 11 is 0. The summed E-state index contributed by atoms with van der Waals surface area (Å²) in [6.07, 6.45) is 0. The maximum absolute atomic E-state index is 10.4. The molecule has 0 unspecified atom stereocenters. The molecule has 3 nitrogen and oxygen atoms in total. The summed E-state index contributed by atoms with van der Waals surface area (Å²) in [6, 6.07) is 0. The molecule has 0 saturated heterocycles. The molecule has 0 rings (SSSR count). The zero-order valence-electron chi connectivity index (χ0n) is 6.64. The Morgan fingerprint density at radius 3 is 2.50 bits per heavy atom. The Bertz CT molecular complexity index is 80.5. The number of likely N-dealkylation sites (N-methyl/N-ethyl adjacent to an activating group) is 1. The lowest BCUT2D eigenvalue weighted by atomic mass is 10.6. The second-order valence-corrected chi connectivity index (χ2v) is 1.34. The summed E-state index contributed by atoms with van der Waals surface area (Å²) < 4.78 is 4.58.